The van der Waals surface area contributed by atoms with Crippen molar-refractivity contribution >= 4 is 17.3 Å². The highest BCUT2D eigenvalue weighted by atomic mass is 32.1. The number of aliphatic imine (C=N–C) groups is 1. The van der Waals surface area contributed by atoms with Crippen LogP contribution in [0.1, 0.15) is 38.4 Å². The summed E-state index contributed by atoms with van der Waals surface area (Å²) in [6.45, 7) is 9.40. The Bertz CT molecular complexity index is 538. The Balaban J connectivity index is 2.70. The average Bonchev–Trinajstić information content (AvgIpc) is 2.92. The second kappa shape index (κ2) is 8.66. The molecule has 1 rings (SSSR count). The normalized spacial score (nSPS) is 14.6. The summed E-state index contributed by atoms with van der Waals surface area (Å²) in [7, 11) is 1.65. The number of guanidine groups is 1. The molecule has 0 saturated carbocycles. The van der Waals surface area contributed by atoms with Gasteiger partial charge in [-0.15, -0.1) is 11.3 Å². The molecular formula is C15H25F3N4OS. The van der Waals surface area contributed by atoms with Gasteiger partial charge in [-0.3, -0.25) is 0 Å². The highest BCUT2D eigenvalue weighted by molar-refractivity contribution is 7.09. The minimum atomic E-state index is -4.42. The number of rotatable bonds is 6. The molecule has 0 fully saturated rings. The largest absolute Gasteiger partial charge is 0.434 e. The third kappa shape index (κ3) is 6.64. The lowest BCUT2D eigenvalue weighted by atomic mass is 9.89. The second-order valence-corrected chi connectivity index (χ2v) is 7.23. The molecule has 5 nitrogen and oxygen atoms in total. The zero-order chi connectivity index (χ0) is 18.4. The first kappa shape index (κ1) is 20.7. The summed E-state index contributed by atoms with van der Waals surface area (Å²) in [5.41, 5.74) is -0.918. The molecule has 0 amide bonds. The predicted molar refractivity (Wildman–Crippen MR) is 90.2 cm³/mol. The van der Waals surface area contributed by atoms with Gasteiger partial charge >= 0.3 is 6.18 Å². The third-order valence-corrected chi connectivity index (χ3v) is 4.10. The lowest BCUT2D eigenvalue weighted by molar-refractivity contribution is -0.140. The molecule has 0 radical (unpaired) electrons. The van der Waals surface area contributed by atoms with Crippen LogP contribution in [0, 0.1) is 5.41 Å². The van der Waals surface area contributed by atoms with E-state index in [2.05, 4.69) is 41.4 Å². The number of aromatic nitrogens is 1. The highest BCUT2D eigenvalue weighted by Gasteiger charge is 2.33. The molecule has 0 aliphatic heterocycles. The van der Waals surface area contributed by atoms with E-state index in [1.807, 2.05) is 6.92 Å². The van der Waals surface area contributed by atoms with Crippen LogP contribution in [0.3, 0.4) is 0 Å². The van der Waals surface area contributed by atoms with E-state index in [-0.39, 0.29) is 18.1 Å². The van der Waals surface area contributed by atoms with E-state index in [4.69, 9.17) is 4.74 Å². The van der Waals surface area contributed by atoms with Crippen molar-refractivity contribution in [3.05, 3.63) is 16.1 Å². The number of ether oxygens (including phenoxy) is 1. The lowest BCUT2D eigenvalue weighted by Crippen LogP contribution is -2.45. The summed E-state index contributed by atoms with van der Waals surface area (Å²) in [6.07, 6.45) is -4.45. The number of thiazole rings is 1. The fraction of sp³-hybridized carbons (Fsp3) is 0.733. The summed E-state index contributed by atoms with van der Waals surface area (Å²) in [6, 6.07) is 0. The molecular weight excluding hydrogens is 341 g/mol. The van der Waals surface area contributed by atoms with Crippen molar-refractivity contribution < 1.29 is 17.9 Å². The van der Waals surface area contributed by atoms with Crippen LogP contribution >= 0.6 is 11.3 Å². The first-order valence-electron chi connectivity index (χ1n) is 7.64. The third-order valence-electron chi connectivity index (χ3n) is 3.26. The molecule has 0 bridgehead atoms. The average molecular weight is 366 g/mol. The minimum Gasteiger partial charge on any atom is -0.379 e. The van der Waals surface area contributed by atoms with Gasteiger partial charge in [-0.05, 0) is 12.3 Å². The molecule has 0 saturated heterocycles. The Kier molecular flexibility index (Phi) is 7.47. The number of nitrogens with one attached hydrogen (secondary N) is 2. The van der Waals surface area contributed by atoms with Crippen LogP contribution in [0.5, 0.6) is 0 Å². The molecule has 24 heavy (non-hydrogen) atoms. The maximum Gasteiger partial charge on any atom is 0.434 e. The molecule has 0 aromatic carbocycles. The molecule has 0 spiro atoms. The van der Waals surface area contributed by atoms with Crippen LogP contribution < -0.4 is 10.6 Å². The van der Waals surface area contributed by atoms with E-state index >= 15 is 0 Å². The molecule has 1 aromatic rings. The van der Waals surface area contributed by atoms with Crippen LogP contribution in [0.2, 0.25) is 0 Å². The van der Waals surface area contributed by atoms with Gasteiger partial charge in [0, 0.05) is 25.6 Å². The van der Waals surface area contributed by atoms with Gasteiger partial charge in [0.1, 0.15) is 5.01 Å². The monoisotopic (exact) mass is 366 g/mol. The zero-order valence-electron chi connectivity index (χ0n) is 14.6. The molecule has 0 aliphatic carbocycles. The SMILES string of the molecule is CCNC(=NCc1nc(C(F)(F)F)cs1)NCC(OC)C(C)(C)C. The topological polar surface area (TPSA) is 58.5 Å². The van der Waals surface area contributed by atoms with Crippen molar-refractivity contribution in [1.29, 1.82) is 0 Å². The van der Waals surface area contributed by atoms with Gasteiger partial charge in [-0.1, -0.05) is 20.8 Å². The number of hydrogen-bond donors (Lipinski definition) is 2. The fourth-order valence-electron chi connectivity index (χ4n) is 1.93. The maximum atomic E-state index is 12.6. The molecule has 1 unspecified atom stereocenters. The number of nitrogens with zero attached hydrogens (tertiary/aromatic N) is 2. The molecule has 1 aromatic heterocycles. The highest BCUT2D eigenvalue weighted by Crippen LogP contribution is 2.30. The summed E-state index contributed by atoms with van der Waals surface area (Å²) in [5.74, 6) is 0.521. The van der Waals surface area contributed by atoms with Crippen molar-refractivity contribution in [2.24, 2.45) is 10.4 Å². The number of halogens is 3. The van der Waals surface area contributed by atoms with Gasteiger partial charge in [0.15, 0.2) is 11.7 Å². The summed E-state index contributed by atoms with van der Waals surface area (Å²) in [5, 5.41) is 7.54. The molecule has 138 valence electrons. The van der Waals surface area contributed by atoms with E-state index in [0.717, 1.165) is 16.7 Å². The first-order valence-corrected chi connectivity index (χ1v) is 8.52. The molecule has 0 aliphatic rings. The van der Waals surface area contributed by atoms with Crippen LogP contribution in [0.15, 0.2) is 10.4 Å². The van der Waals surface area contributed by atoms with E-state index in [1.54, 1.807) is 7.11 Å². The summed E-state index contributed by atoms with van der Waals surface area (Å²) in [4.78, 5) is 7.86. The molecule has 1 heterocycles. The van der Waals surface area contributed by atoms with Crippen LogP contribution in [0.25, 0.3) is 0 Å². The lowest BCUT2D eigenvalue weighted by Gasteiger charge is -2.30. The van der Waals surface area contributed by atoms with Crippen molar-refractivity contribution in [3.8, 4) is 0 Å². The van der Waals surface area contributed by atoms with Gasteiger partial charge in [-0.25, -0.2) is 9.98 Å². The molecule has 9 heteroatoms. The Labute approximate surface area is 144 Å². The van der Waals surface area contributed by atoms with Crippen molar-refractivity contribution in [2.45, 2.75) is 46.5 Å². The van der Waals surface area contributed by atoms with Gasteiger partial charge in [0.25, 0.3) is 0 Å². The van der Waals surface area contributed by atoms with E-state index in [1.165, 1.54) is 0 Å². The van der Waals surface area contributed by atoms with Gasteiger partial charge in [0.05, 0.1) is 12.6 Å². The maximum absolute atomic E-state index is 12.6. The van der Waals surface area contributed by atoms with Crippen LogP contribution in [-0.4, -0.2) is 37.2 Å². The number of methoxy groups -OCH3 is 1. The van der Waals surface area contributed by atoms with E-state index in [0.29, 0.717) is 24.1 Å². The fourth-order valence-corrected chi connectivity index (χ4v) is 2.66. The Hall–Kier alpha value is -1.35. The van der Waals surface area contributed by atoms with Crippen LogP contribution in [-0.2, 0) is 17.5 Å². The Morgan fingerprint density at radius 2 is 2.00 bits per heavy atom. The minimum absolute atomic E-state index is 0.0296. The standard InChI is InChI=1S/C15H25F3N4OS/c1-6-19-13(20-7-11(23-5)14(2,3)4)21-8-12-22-10(9-24-12)15(16,17)18/h9,11H,6-8H2,1-5H3,(H2,19,20,21). The van der Waals surface area contributed by atoms with Crippen molar-refractivity contribution in [3.63, 3.8) is 0 Å². The predicted octanol–water partition coefficient (Wildman–Crippen LogP) is 3.28. The smallest absolute Gasteiger partial charge is 0.379 e. The Morgan fingerprint density at radius 3 is 2.46 bits per heavy atom. The van der Waals surface area contributed by atoms with Crippen LogP contribution in [0.4, 0.5) is 13.2 Å². The van der Waals surface area contributed by atoms with E-state index in [9.17, 15) is 13.2 Å². The summed E-state index contributed by atoms with van der Waals surface area (Å²) >= 11 is 0.951. The Morgan fingerprint density at radius 1 is 1.33 bits per heavy atom. The quantitative estimate of drug-likeness (QED) is 0.599. The zero-order valence-corrected chi connectivity index (χ0v) is 15.4. The second-order valence-electron chi connectivity index (χ2n) is 6.29. The first-order chi connectivity index (χ1) is 11.1. The van der Waals surface area contributed by atoms with Gasteiger partial charge in [-0.2, -0.15) is 13.2 Å². The van der Waals surface area contributed by atoms with Crippen molar-refractivity contribution in [1.82, 2.24) is 15.6 Å². The van der Waals surface area contributed by atoms with Gasteiger partial charge < -0.3 is 15.4 Å². The van der Waals surface area contributed by atoms with Gasteiger partial charge in [0.2, 0.25) is 0 Å². The number of alkyl halides is 3. The molecule has 2 N–H and O–H groups in total. The van der Waals surface area contributed by atoms with E-state index < -0.39 is 11.9 Å². The summed E-state index contributed by atoms with van der Waals surface area (Å²) < 4.78 is 43.1. The van der Waals surface area contributed by atoms with Crippen molar-refractivity contribution in [2.75, 3.05) is 20.2 Å². The molecule has 1 atom stereocenters. The number of hydrogen-bond acceptors (Lipinski definition) is 4.